The molecule has 2 atom stereocenters. The first-order valence-corrected chi connectivity index (χ1v) is 9.52. The van der Waals surface area contributed by atoms with Crippen LogP contribution < -0.4 is 27.3 Å². The first-order chi connectivity index (χ1) is 12.8. The molecule has 1 unspecified atom stereocenters. The number of benzene rings is 1. The van der Waals surface area contributed by atoms with Crippen LogP contribution in [0.2, 0.25) is 0 Å². The monoisotopic (exact) mass is 375 g/mol. The van der Waals surface area contributed by atoms with Crippen molar-refractivity contribution in [1.82, 2.24) is 14.6 Å². The van der Waals surface area contributed by atoms with E-state index in [0.29, 0.717) is 33.4 Å². The first-order valence-electron chi connectivity index (χ1n) is 9.52. The standard InChI is InChI=1S/C19H26FN5O2/c1-10-16-14(18(26)25(21)19(27)24(16)13-4-5-13)8-15(20)17(10)23-7-6-12(9-23)11(2)22-3/h8,11-13,22H,4-7,9,21H2,1-3H3/t11-,12?/m0/s1. The fourth-order valence-corrected chi connectivity index (χ4v) is 4.35. The summed E-state index contributed by atoms with van der Waals surface area (Å²) in [4.78, 5) is 27.2. The van der Waals surface area contributed by atoms with Gasteiger partial charge < -0.3 is 16.1 Å². The Bertz CT molecular complexity index is 1020. The molecule has 1 aliphatic heterocycles. The van der Waals surface area contributed by atoms with Gasteiger partial charge in [0, 0.05) is 30.7 Å². The second kappa shape index (κ2) is 6.37. The number of hydrogen-bond donors (Lipinski definition) is 2. The summed E-state index contributed by atoms with van der Waals surface area (Å²) in [5.74, 6) is 5.66. The maximum atomic E-state index is 15.1. The zero-order chi connectivity index (χ0) is 19.5. The molecule has 7 nitrogen and oxygen atoms in total. The van der Waals surface area contributed by atoms with Crippen LogP contribution in [0.15, 0.2) is 15.7 Å². The third kappa shape index (κ3) is 2.74. The molecule has 1 aromatic carbocycles. The molecular formula is C19H26FN5O2. The highest BCUT2D eigenvalue weighted by Crippen LogP contribution is 2.39. The van der Waals surface area contributed by atoms with Crippen LogP contribution >= 0.6 is 0 Å². The van der Waals surface area contributed by atoms with Gasteiger partial charge >= 0.3 is 5.69 Å². The third-order valence-electron chi connectivity index (χ3n) is 6.18. The second-order valence-electron chi connectivity index (χ2n) is 7.86. The molecule has 1 aliphatic carbocycles. The molecule has 0 radical (unpaired) electrons. The lowest BCUT2D eigenvalue weighted by atomic mass is 10.0. The van der Waals surface area contributed by atoms with Gasteiger partial charge in [0.25, 0.3) is 5.56 Å². The van der Waals surface area contributed by atoms with Crippen LogP contribution in [0.25, 0.3) is 10.9 Å². The van der Waals surface area contributed by atoms with E-state index in [1.165, 1.54) is 6.07 Å². The number of hydrogen-bond acceptors (Lipinski definition) is 5. The molecule has 1 saturated heterocycles. The maximum absolute atomic E-state index is 15.1. The van der Waals surface area contributed by atoms with Crippen LogP contribution in [0.4, 0.5) is 10.1 Å². The number of nitrogen functional groups attached to an aromatic ring is 1. The second-order valence-corrected chi connectivity index (χ2v) is 7.86. The van der Waals surface area contributed by atoms with Crippen LogP contribution in [0.3, 0.4) is 0 Å². The highest BCUT2D eigenvalue weighted by molar-refractivity contribution is 5.87. The van der Waals surface area contributed by atoms with E-state index in [4.69, 9.17) is 5.84 Å². The summed E-state index contributed by atoms with van der Waals surface area (Å²) in [5.41, 5.74) is 0.485. The zero-order valence-electron chi connectivity index (χ0n) is 16.0. The number of nitrogens with zero attached hydrogens (tertiary/aromatic N) is 3. The lowest BCUT2D eigenvalue weighted by Crippen LogP contribution is -2.44. The highest BCUT2D eigenvalue weighted by atomic mass is 19.1. The first kappa shape index (κ1) is 18.0. The largest absolute Gasteiger partial charge is 0.369 e. The van der Waals surface area contributed by atoms with Crippen LogP contribution in [0.5, 0.6) is 0 Å². The van der Waals surface area contributed by atoms with Gasteiger partial charge in [-0.25, -0.2) is 9.18 Å². The quantitative estimate of drug-likeness (QED) is 0.782. The Morgan fingerprint density at radius 2 is 2.00 bits per heavy atom. The van der Waals surface area contributed by atoms with Crippen molar-refractivity contribution in [3.05, 3.63) is 38.3 Å². The Morgan fingerprint density at radius 1 is 1.30 bits per heavy atom. The minimum atomic E-state index is -0.649. The fourth-order valence-electron chi connectivity index (χ4n) is 4.35. The van der Waals surface area contributed by atoms with E-state index in [-0.39, 0.29) is 11.4 Å². The SMILES string of the molecule is CN[C@@H](C)C1CCN(c2c(F)cc3c(=O)n(N)c(=O)n(C4CC4)c3c2C)C1. The predicted octanol–water partition coefficient (Wildman–Crippen LogP) is 1.09. The smallest absolute Gasteiger partial charge is 0.350 e. The van der Waals surface area contributed by atoms with Crippen molar-refractivity contribution in [1.29, 1.82) is 0 Å². The molecular weight excluding hydrogens is 349 g/mol. The van der Waals surface area contributed by atoms with Crippen molar-refractivity contribution in [3.8, 4) is 0 Å². The Labute approximate surface area is 156 Å². The number of nitrogens with one attached hydrogen (secondary N) is 1. The summed E-state index contributed by atoms with van der Waals surface area (Å²) >= 11 is 0. The number of aromatic nitrogens is 2. The summed E-state index contributed by atoms with van der Waals surface area (Å²) in [5, 5.41) is 3.44. The molecule has 3 N–H and O–H groups in total. The topological polar surface area (TPSA) is 85.3 Å². The lowest BCUT2D eigenvalue weighted by molar-refractivity contribution is 0.428. The molecule has 2 aromatic rings. The predicted molar refractivity (Wildman–Crippen MR) is 104 cm³/mol. The molecule has 2 aliphatic rings. The Kier molecular flexibility index (Phi) is 4.25. The van der Waals surface area contributed by atoms with Gasteiger partial charge in [0.1, 0.15) is 5.82 Å². The average Bonchev–Trinajstić information content (AvgIpc) is 3.37. The van der Waals surface area contributed by atoms with E-state index in [9.17, 15) is 9.59 Å². The molecule has 146 valence electrons. The lowest BCUT2D eigenvalue weighted by Gasteiger charge is -2.25. The van der Waals surface area contributed by atoms with Gasteiger partial charge in [0.15, 0.2) is 0 Å². The third-order valence-corrected chi connectivity index (χ3v) is 6.18. The van der Waals surface area contributed by atoms with Crippen LogP contribution in [0.1, 0.15) is 37.8 Å². The number of fused-ring (bicyclic) bond motifs is 1. The summed E-state index contributed by atoms with van der Waals surface area (Å²) in [6.07, 6.45) is 2.70. The molecule has 1 aromatic heterocycles. The van der Waals surface area contributed by atoms with Crippen molar-refractivity contribution in [2.75, 3.05) is 30.9 Å². The van der Waals surface area contributed by atoms with Gasteiger partial charge in [-0.15, -0.1) is 0 Å². The van der Waals surface area contributed by atoms with E-state index < -0.39 is 17.1 Å². The Hall–Kier alpha value is -2.35. The molecule has 4 rings (SSSR count). The molecule has 2 heterocycles. The van der Waals surface area contributed by atoms with Crippen molar-refractivity contribution < 1.29 is 4.39 Å². The number of halogens is 1. The van der Waals surface area contributed by atoms with E-state index in [1.54, 1.807) is 11.5 Å². The maximum Gasteiger partial charge on any atom is 0.350 e. The molecule has 0 amide bonds. The van der Waals surface area contributed by atoms with Gasteiger partial charge in [0.2, 0.25) is 0 Å². The summed E-state index contributed by atoms with van der Waals surface area (Å²) < 4.78 is 17.2. The van der Waals surface area contributed by atoms with E-state index in [2.05, 4.69) is 12.2 Å². The molecule has 27 heavy (non-hydrogen) atoms. The minimum Gasteiger partial charge on any atom is -0.369 e. The number of anilines is 1. The molecule has 8 heteroatoms. The summed E-state index contributed by atoms with van der Waals surface area (Å²) in [6.45, 7) is 5.43. The summed E-state index contributed by atoms with van der Waals surface area (Å²) in [7, 11) is 1.93. The van der Waals surface area contributed by atoms with E-state index in [0.717, 1.165) is 32.4 Å². The highest BCUT2D eigenvalue weighted by Gasteiger charge is 2.33. The van der Waals surface area contributed by atoms with Crippen molar-refractivity contribution in [2.45, 2.75) is 45.2 Å². The summed E-state index contributed by atoms with van der Waals surface area (Å²) in [6, 6.07) is 1.62. The molecule has 0 spiro atoms. The normalized spacial score (nSPS) is 21.2. The Balaban J connectivity index is 1.91. The number of nitrogens with two attached hydrogens (primary N) is 1. The minimum absolute atomic E-state index is 0.0306. The van der Waals surface area contributed by atoms with E-state index >= 15 is 4.39 Å². The molecule has 1 saturated carbocycles. The van der Waals surface area contributed by atoms with Gasteiger partial charge in [-0.2, -0.15) is 4.68 Å². The average molecular weight is 375 g/mol. The molecule has 2 fully saturated rings. The van der Waals surface area contributed by atoms with Crippen molar-refractivity contribution >= 4 is 16.6 Å². The zero-order valence-corrected chi connectivity index (χ0v) is 16.0. The van der Waals surface area contributed by atoms with Crippen molar-refractivity contribution in [3.63, 3.8) is 0 Å². The van der Waals surface area contributed by atoms with Gasteiger partial charge in [-0.3, -0.25) is 9.36 Å². The number of rotatable bonds is 4. The van der Waals surface area contributed by atoms with Crippen LogP contribution in [-0.4, -0.2) is 35.4 Å². The van der Waals surface area contributed by atoms with Gasteiger partial charge in [0.05, 0.1) is 16.6 Å². The molecule has 0 bridgehead atoms. The Morgan fingerprint density at radius 3 is 2.63 bits per heavy atom. The number of aryl methyl sites for hydroxylation is 1. The van der Waals surface area contributed by atoms with E-state index in [1.807, 2.05) is 11.9 Å². The fraction of sp³-hybridized carbons (Fsp3) is 0.579. The van der Waals surface area contributed by atoms with Crippen molar-refractivity contribution in [2.24, 2.45) is 5.92 Å². The van der Waals surface area contributed by atoms with Crippen LogP contribution in [0, 0.1) is 18.7 Å². The van der Waals surface area contributed by atoms with Gasteiger partial charge in [-0.05, 0) is 52.1 Å². The van der Waals surface area contributed by atoms with Crippen LogP contribution in [-0.2, 0) is 0 Å². The van der Waals surface area contributed by atoms with Gasteiger partial charge in [-0.1, -0.05) is 0 Å².